The first kappa shape index (κ1) is 39.5. The van der Waals surface area contributed by atoms with E-state index in [2.05, 4.69) is 181 Å². The van der Waals surface area contributed by atoms with Gasteiger partial charge >= 0.3 is 0 Å². The molecule has 2 aliphatic rings. The second kappa shape index (κ2) is 17.4. The highest BCUT2D eigenvalue weighted by atomic mass is 16.5. The van der Waals surface area contributed by atoms with Gasteiger partial charge in [0.25, 0.3) is 0 Å². The molecule has 7 aromatic carbocycles. The van der Waals surface area contributed by atoms with Gasteiger partial charge in [0.05, 0.1) is 17.3 Å². The SMILES string of the molecule is C=C/C(=C\C=C/n1c2ccccc2c2ccccc21)c1ccc(N(c2ccc(/C3=C/C=C\C(=C)c4ccccc4O3)cc2)c2ccc(-c3cccc4c3O/C=C\C=C/C4=C)cc2)cc1. The second-order valence-electron chi connectivity index (χ2n) is 15.6. The fraction of sp³-hybridized carbons (Fsp3) is 0. The van der Waals surface area contributed by atoms with Crippen LogP contribution >= 0.6 is 0 Å². The molecule has 0 amide bonds. The van der Waals surface area contributed by atoms with Crippen molar-refractivity contribution in [3.8, 4) is 22.6 Å². The van der Waals surface area contributed by atoms with Crippen LogP contribution in [0.4, 0.5) is 17.1 Å². The monoisotopic (exact) mass is 824 g/mol. The van der Waals surface area contributed by atoms with Gasteiger partial charge in [-0.3, -0.25) is 0 Å². The smallest absolute Gasteiger partial charge is 0.142 e. The summed E-state index contributed by atoms with van der Waals surface area (Å²) in [6.07, 6.45) is 21.8. The van der Waals surface area contributed by atoms with Crippen LogP contribution in [0.25, 0.3) is 61.6 Å². The van der Waals surface area contributed by atoms with Crippen LogP contribution in [0.5, 0.6) is 11.5 Å². The average molecular weight is 825 g/mol. The van der Waals surface area contributed by atoms with Gasteiger partial charge in [0.2, 0.25) is 0 Å². The number of hydrogen-bond donors (Lipinski definition) is 0. The molecule has 0 saturated carbocycles. The van der Waals surface area contributed by atoms with Crippen LogP contribution in [0.15, 0.2) is 244 Å². The molecule has 306 valence electrons. The molecular formula is C60H44N2O2. The van der Waals surface area contributed by atoms with Crippen molar-refractivity contribution in [2.45, 2.75) is 0 Å². The molecule has 10 rings (SSSR count). The van der Waals surface area contributed by atoms with E-state index in [9.17, 15) is 0 Å². The summed E-state index contributed by atoms with van der Waals surface area (Å²) in [6.45, 7) is 12.7. The maximum atomic E-state index is 6.50. The molecule has 0 spiro atoms. The molecule has 4 heteroatoms. The molecule has 8 aromatic rings. The lowest BCUT2D eigenvalue weighted by molar-refractivity contribution is 0.481. The number of benzene rings is 7. The van der Waals surface area contributed by atoms with E-state index in [1.165, 1.54) is 21.8 Å². The van der Waals surface area contributed by atoms with Gasteiger partial charge in [-0.1, -0.05) is 153 Å². The Balaban J connectivity index is 0.995. The first-order valence-electron chi connectivity index (χ1n) is 21.3. The molecular weight excluding hydrogens is 781 g/mol. The Bertz CT molecular complexity index is 3240. The zero-order chi connectivity index (χ0) is 43.4. The van der Waals surface area contributed by atoms with E-state index in [0.717, 1.165) is 84.4 Å². The minimum Gasteiger partial charge on any atom is -0.464 e. The maximum absolute atomic E-state index is 6.50. The van der Waals surface area contributed by atoms with Gasteiger partial charge in [-0.05, 0) is 113 Å². The number of ether oxygens (including phenoxy) is 2. The zero-order valence-electron chi connectivity index (χ0n) is 35.3. The van der Waals surface area contributed by atoms with E-state index < -0.39 is 0 Å². The summed E-state index contributed by atoms with van der Waals surface area (Å²) in [5.41, 5.74) is 14.2. The largest absolute Gasteiger partial charge is 0.464 e. The van der Waals surface area contributed by atoms with Crippen molar-refractivity contribution in [1.29, 1.82) is 0 Å². The Morgan fingerprint density at radius 1 is 0.547 bits per heavy atom. The number of hydrogen-bond acceptors (Lipinski definition) is 3. The highest BCUT2D eigenvalue weighted by Gasteiger charge is 2.18. The topological polar surface area (TPSA) is 26.6 Å². The van der Waals surface area contributed by atoms with Gasteiger partial charge in [-0.25, -0.2) is 0 Å². The van der Waals surface area contributed by atoms with Crippen LogP contribution in [0.2, 0.25) is 0 Å². The fourth-order valence-electron chi connectivity index (χ4n) is 8.47. The predicted octanol–water partition coefficient (Wildman–Crippen LogP) is 16.1. The number of anilines is 3. The Hall–Kier alpha value is -8.60. The fourth-order valence-corrected chi connectivity index (χ4v) is 8.47. The number of para-hydroxylation sites is 4. The van der Waals surface area contributed by atoms with Crippen molar-refractivity contribution in [1.82, 2.24) is 4.57 Å². The van der Waals surface area contributed by atoms with Crippen molar-refractivity contribution in [2.75, 3.05) is 4.90 Å². The van der Waals surface area contributed by atoms with E-state index in [4.69, 9.17) is 9.47 Å². The van der Waals surface area contributed by atoms with Crippen molar-refractivity contribution >= 4 is 67.5 Å². The third kappa shape index (κ3) is 7.65. The molecule has 0 N–H and O–H groups in total. The molecule has 0 radical (unpaired) electrons. The normalized spacial score (nSPS) is 15.9. The average Bonchev–Trinajstić information content (AvgIpc) is 3.65. The van der Waals surface area contributed by atoms with Crippen molar-refractivity contribution < 1.29 is 9.47 Å². The van der Waals surface area contributed by atoms with Gasteiger partial charge in [0.15, 0.2) is 0 Å². The van der Waals surface area contributed by atoms with E-state index in [1.807, 2.05) is 72.9 Å². The van der Waals surface area contributed by atoms with Crippen LogP contribution in [0, 0.1) is 0 Å². The third-order valence-corrected chi connectivity index (χ3v) is 11.7. The molecule has 0 unspecified atom stereocenters. The summed E-state index contributed by atoms with van der Waals surface area (Å²) >= 11 is 0. The third-order valence-electron chi connectivity index (χ3n) is 11.7. The summed E-state index contributed by atoms with van der Waals surface area (Å²) in [6, 6.07) is 57.0. The first-order chi connectivity index (χ1) is 31.5. The maximum Gasteiger partial charge on any atom is 0.142 e. The van der Waals surface area contributed by atoms with Crippen LogP contribution < -0.4 is 14.4 Å². The van der Waals surface area contributed by atoms with Crippen molar-refractivity contribution in [3.63, 3.8) is 0 Å². The molecule has 1 aromatic heterocycles. The molecule has 64 heavy (non-hydrogen) atoms. The highest BCUT2D eigenvalue weighted by Crippen LogP contribution is 2.41. The first-order valence-corrected chi connectivity index (χ1v) is 21.3. The quantitative estimate of drug-likeness (QED) is 0.136. The number of aromatic nitrogens is 1. The van der Waals surface area contributed by atoms with Crippen molar-refractivity contribution in [3.05, 3.63) is 267 Å². The second-order valence-corrected chi connectivity index (χ2v) is 15.6. The molecule has 0 saturated heterocycles. The minimum atomic E-state index is 0.756. The van der Waals surface area contributed by atoms with Gasteiger partial charge in [0.1, 0.15) is 17.3 Å². The minimum absolute atomic E-state index is 0.756. The predicted molar refractivity (Wildman–Crippen MR) is 271 cm³/mol. The standard InChI is InChI=1S/C60H44N2O2/c1-4-44(18-15-40-61-56-24-8-5-20-54(56)55-21-6-9-25-57(55)61)45-28-34-48(35-29-45)62(49-36-30-46(31-37-49)53-23-14-22-52-43(3)16-11-12-41-63-60(52)53)50-38-32-47(33-39-50)58-27-13-17-42(2)51-19-7-10-26-59(51)64-58/h4-41H,1-3H2/b16-11-,17-13-,40-15-,41-12-,44-18+,58-27-. The Kier molecular flexibility index (Phi) is 10.8. The lowest BCUT2D eigenvalue weighted by Crippen LogP contribution is -2.10. The van der Waals surface area contributed by atoms with Crippen LogP contribution in [-0.4, -0.2) is 4.57 Å². The molecule has 0 aliphatic carbocycles. The number of fused-ring (bicyclic) bond motifs is 5. The number of rotatable bonds is 9. The Labute approximate surface area is 374 Å². The van der Waals surface area contributed by atoms with Crippen LogP contribution in [0.1, 0.15) is 22.3 Å². The molecule has 0 atom stereocenters. The van der Waals surface area contributed by atoms with Crippen LogP contribution in [-0.2, 0) is 0 Å². The van der Waals surface area contributed by atoms with Gasteiger partial charge < -0.3 is 18.9 Å². The molecule has 3 heterocycles. The molecule has 4 nitrogen and oxygen atoms in total. The number of allylic oxidation sites excluding steroid dienone is 12. The van der Waals surface area contributed by atoms with E-state index in [1.54, 1.807) is 6.26 Å². The van der Waals surface area contributed by atoms with Gasteiger partial charge in [-0.15, -0.1) is 0 Å². The molecule has 0 fully saturated rings. The summed E-state index contributed by atoms with van der Waals surface area (Å²) in [5.74, 6) is 2.32. The van der Waals surface area contributed by atoms with Crippen molar-refractivity contribution in [2.24, 2.45) is 0 Å². The summed E-state index contributed by atoms with van der Waals surface area (Å²) in [7, 11) is 0. The summed E-state index contributed by atoms with van der Waals surface area (Å²) < 4.78 is 14.9. The van der Waals surface area contributed by atoms with E-state index in [-0.39, 0.29) is 0 Å². The Morgan fingerprint density at radius 2 is 1.12 bits per heavy atom. The molecule has 2 aliphatic heterocycles. The molecule has 0 bridgehead atoms. The lowest BCUT2D eigenvalue weighted by Gasteiger charge is -2.26. The zero-order valence-corrected chi connectivity index (χ0v) is 35.3. The van der Waals surface area contributed by atoms with Gasteiger partial charge in [-0.2, -0.15) is 0 Å². The van der Waals surface area contributed by atoms with Crippen LogP contribution in [0.3, 0.4) is 0 Å². The van der Waals surface area contributed by atoms with E-state index >= 15 is 0 Å². The Morgan fingerprint density at radius 3 is 1.83 bits per heavy atom. The highest BCUT2D eigenvalue weighted by molar-refractivity contribution is 6.09. The van der Waals surface area contributed by atoms with E-state index in [0.29, 0.717) is 0 Å². The lowest BCUT2D eigenvalue weighted by atomic mass is 9.97. The summed E-state index contributed by atoms with van der Waals surface area (Å²) in [5, 5.41) is 2.47. The number of nitrogens with zero attached hydrogens (tertiary/aromatic N) is 2. The summed E-state index contributed by atoms with van der Waals surface area (Å²) in [4.78, 5) is 2.27. The van der Waals surface area contributed by atoms with Gasteiger partial charge in [0, 0.05) is 56.3 Å².